The Morgan fingerprint density at radius 2 is 1.21 bits per heavy atom. The highest BCUT2D eigenvalue weighted by molar-refractivity contribution is 5.91. The monoisotopic (exact) mass is 524 g/mol. The van der Waals surface area contributed by atoms with Crippen LogP contribution in [-0.2, 0) is 0 Å². The molecule has 188 valence electrons. The van der Waals surface area contributed by atoms with Gasteiger partial charge in [0.05, 0.1) is 17.0 Å². The van der Waals surface area contributed by atoms with E-state index in [-0.39, 0.29) is 0 Å². The van der Waals surface area contributed by atoms with E-state index >= 15 is 0 Å². The van der Waals surface area contributed by atoms with Crippen LogP contribution in [0.1, 0.15) is 16.7 Å². The van der Waals surface area contributed by atoms with Gasteiger partial charge in [-0.25, -0.2) is 23.1 Å². The van der Waals surface area contributed by atoms with Crippen molar-refractivity contribution < 1.29 is 38.0 Å². The maximum absolute atomic E-state index is 8.49. The zero-order valence-corrected chi connectivity index (χ0v) is 20.7. The van der Waals surface area contributed by atoms with Gasteiger partial charge >= 0.3 is 11.3 Å². The summed E-state index contributed by atoms with van der Waals surface area (Å²) in [5.41, 5.74) is 6.38. The molecule has 0 atom stereocenters. The maximum Gasteiger partial charge on any atom is 0.361 e. The predicted octanol–water partition coefficient (Wildman–Crippen LogP) is 3.88. The zero-order chi connectivity index (χ0) is 26.5. The lowest BCUT2D eigenvalue weighted by molar-refractivity contribution is -2.00. The molecular formula is C31H21ClO6. The Balaban J connectivity index is 0.000000540. The second-order valence-corrected chi connectivity index (χ2v) is 9.10. The van der Waals surface area contributed by atoms with Crippen LogP contribution >= 0.6 is 0 Å². The molecular weight excluding hydrogens is 504 g/mol. The first-order chi connectivity index (χ1) is 18.4. The van der Waals surface area contributed by atoms with Gasteiger partial charge in [0.1, 0.15) is 11.5 Å². The summed E-state index contributed by atoms with van der Waals surface area (Å²) in [4.78, 5) is 0. The van der Waals surface area contributed by atoms with Crippen LogP contribution in [0, 0.1) is 10.2 Å². The number of hydrogen-bond donors (Lipinski definition) is 0. The van der Waals surface area contributed by atoms with E-state index in [4.69, 9.17) is 27.8 Å². The molecule has 0 saturated carbocycles. The van der Waals surface area contributed by atoms with Crippen molar-refractivity contribution in [3.8, 4) is 22.8 Å². The number of ether oxygens (including phenoxy) is 1. The summed E-state index contributed by atoms with van der Waals surface area (Å²) in [6, 6.07) is 36.8. The van der Waals surface area contributed by atoms with Gasteiger partial charge in [-0.05, 0) is 35.9 Å². The number of benzene rings is 4. The van der Waals surface area contributed by atoms with Crippen LogP contribution in [0.2, 0.25) is 0 Å². The normalized spacial score (nSPS) is 12.3. The lowest BCUT2D eigenvalue weighted by atomic mass is 9.93. The van der Waals surface area contributed by atoms with Gasteiger partial charge in [0, 0.05) is 22.8 Å². The first-order valence-electron chi connectivity index (χ1n) is 11.6. The molecule has 38 heavy (non-hydrogen) atoms. The first-order valence-corrected chi connectivity index (χ1v) is 12.9. The van der Waals surface area contributed by atoms with Gasteiger partial charge < -0.3 is 4.74 Å². The molecule has 6 rings (SSSR count). The van der Waals surface area contributed by atoms with Crippen LogP contribution in [0.5, 0.6) is 11.5 Å². The smallest absolute Gasteiger partial charge is 0.361 e. The predicted molar refractivity (Wildman–Crippen MR) is 135 cm³/mol. The number of rotatable bonds is 3. The SMILES string of the molecule is C(/C=C/c1cc(-c2ccccc2)[o+]c2ccccc12)=C1c2ccccc2Oc2ccccc21.[O-][Cl+3]([O-])([O-])[O-]. The van der Waals surface area contributed by atoms with Gasteiger partial charge in [-0.2, -0.15) is 0 Å². The number of hydrogen-bond acceptors (Lipinski definition) is 5. The molecule has 5 aromatic rings. The number of fused-ring (bicyclic) bond motifs is 3. The van der Waals surface area contributed by atoms with Crippen molar-refractivity contribution in [1.29, 1.82) is 0 Å². The van der Waals surface area contributed by atoms with Crippen LogP contribution in [0.3, 0.4) is 0 Å². The molecule has 2 heterocycles. The Hall–Kier alpha value is -4.30. The van der Waals surface area contributed by atoms with Crippen molar-refractivity contribution in [2.45, 2.75) is 0 Å². The van der Waals surface area contributed by atoms with E-state index < -0.39 is 10.2 Å². The van der Waals surface area contributed by atoms with E-state index in [0.717, 1.165) is 56.1 Å². The van der Waals surface area contributed by atoms with Gasteiger partial charge in [0.25, 0.3) is 0 Å². The van der Waals surface area contributed by atoms with Gasteiger partial charge in [-0.1, -0.05) is 85.0 Å². The Labute approximate surface area is 221 Å². The summed E-state index contributed by atoms with van der Waals surface area (Å²) < 4.78 is 46.3. The van der Waals surface area contributed by atoms with E-state index in [1.54, 1.807) is 0 Å². The highest BCUT2D eigenvalue weighted by atomic mass is 35.7. The molecule has 0 aliphatic carbocycles. The molecule has 0 N–H and O–H groups in total. The van der Waals surface area contributed by atoms with E-state index in [1.807, 2.05) is 72.8 Å². The van der Waals surface area contributed by atoms with Crippen molar-refractivity contribution in [3.05, 3.63) is 138 Å². The van der Waals surface area contributed by atoms with E-state index in [9.17, 15) is 0 Å². The van der Waals surface area contributed by atoms with Crippen LogP contribution in [-0.4, -0.2) is 0 Å². The van der Waals surface area contributed by atoms with Crippen molar-refractivity contribution in [2.75, 3.05) is 0 Å². The van der Waals surface area contributed by atoms with E-state index in [0.29, 0.717) is 0 Å². The molecule has 6 nitrogen and oxygen atoms in total. The summed E-state index contributed by atoms with van der Waals surface area (Å²) in [6.07, 6.45) is 6.43. The van der Waals surface area contributed by atoms with Gasteiger partial charge in [0.15, 0.2) is 0 Å². The highest BCUT2D eigenvalue weighted by Gasteiger charge is 2.21. The van der Waals surface area contributed by atoms with Crippen molar-refractivity contribution in [1.82, 2.24) is 0 Å². The Morgan fingerprint density at radius 1 is 0.658 bits per heavy atom. The first kappa shape index (κ1) is 25.4. The highest BCUT2D eigenvalue weighted by Crippen LogP contribution is 2.43. The summed E-state index contributed by atoms with van der Waals surface area (Å²) in [5.74, 6) is 2.61. The summed E-state index contributed by atoms with van der Waals surface area (Å²) >= 11 is 0. The lowest BCUT2D eigenvalue weighted by Gasteiger charge is -2.22. The minimum Gasteiger partial charge on any atom is -0.456 e. The standard InChI is InChI=1S/C31H21O2.ClHO4/c1-2-11-22(12-3-1)31-21-23(24-14-4-7-18-28(24)33-31)13-10-17-25-26-15-5-8-19-29(26)32-30-20-9-6-16-27(25)30;2-1(3,4)5/h1-21H;(H,2,3,4,5)/q+1;/p-1. The number of halogens is 1. The van der Waals surface area contributed by atoms with Crippen LogP contribution in [0.15, 0.2) is 126 Å². The molecule has 0 amide bonds. The number of para-hydroxylation sites is 3. The molecule has 1 aliphatic heterocycles. The largest absolute Gasteiger partial charge is 0.456 e. The lowest BCUT2D eigenvalue weighted by Crippen LogP contribution is -2.68. The molecule has 1 aromatic heterocycles. The third-order valence-electron chi connectivity index (χ3n) is 5.88. The van der Waals surface area contributed by atoms with Crippen LogP contribution < -0.4 is 23.4 Å². The summed E-state index contributed by atoms with van der Waals surface area (Å²) in [5, 5.41) is 1.08. The van der Waals surface area contributed by atoms with E-state index in [1.165, 1.54) is 0 Å². The second-order valence-electron chi connectivity index (χ2n) is 8.34. The van der Waals surface area contributed by atoms with E-state index in [2.05, 4.69) is 54.6 Å². The van der Waals surface area contributed by atoms with Gasteiger partial charge in [-0.15, -0.1) is 10.2 Å². The molecule has 0 radical (unpaired) electrons. The fraction of sp³-hybridized carbons (Fsp3) is 0. The Kier molecular flexibility index (Phi) is 7.33. The van der Waals surface area contributed by atoms with Gasteiger partial charge in [0.2, 0.25) is 0 Å². The molecule has 4 aromatic carbocycles. The van der Waals surface area contributed by atoms with Crippen molar-refractivity contribution in [2.24, 2.45) is 0 Å². The minimum absolute atomic E-state index is 0.850. The fourth-order valence-electron chi connectivity index (χ4n) is 4.29. The minimum atomic E-state index is -4.94. The average molecular weight is 525 g/mol. The molecule has 1 aliphatic rings. The fourth-order valence-corrected chi connectivity index (χ4v) is 4.29. The topological polar surface area (TPSA) is 113 Å². The zero-order valence-electron chi connectivity index (χ0n) is 20.0. The van der Waals surface area contributed by atoms with Crippen molar-refractivity contribution >= 4 is 22.6 Å². The molecule has 7 heteroatoms. The second kappa shape index (κ2) is 11.0. The van der Waals surface area contributed by atoms with Crippen molar-refractivity contribution in [3.63, 3.8) is 0 Å². The third kappa shape index (κ3) is 5.98. The van der Waals surface area contributed by atoms with Gasteiger partial charge in [-0.3, -0.25) is 0 Å². The molecule has 0 unspecified atom stereocenters. The average Bonchev–Trinajstić information content (AvgIpc) is 2.92. The number of allylic oxidation sites excluding steroid dienone is 2. The summed E-state index contributed by atoms with van der Waals surface area (Å²) in [7, 11) is -4.94. The van der Waals surface area contributed by atoms with Crippen LogP contribution in [0.25, 0.3) is 33.9 Å². The summed E-state index contributed by atoms with van der Waals surface area (Å²) in [6.45, 7) is 0. The maximum atomic E-state index is 8.49. The molecule has 0 saturated heterocycles. The Bertz CT molecular complexity index is 1580. The molecule has 0 spiro atoms. The van der Waals surface area contributed by atoms with Crippen LogP contribution in [0.4, 0.5) is 0 Å². The Morgan fingerprint density at radius 3 is 1.87 bits per heavy atom. The molecule has 0 fully saturated rings. The molecule has 0 bridgehead atoms. The quantitative estimate of drug-likeness (QED) is 0.325. The third-order valence-corrected chi connectivity index (χ3v) is 5.88.